The molecule has 0 spiro atoms. The number of anilines is 1. The van der Waals surface area contributed by atoms with E-state index < -0.39 is 17.7 Å². The number of carbonyl (C=O) groups is 1. The van der Waals surface area contributed by atoms with Gasteiger partial charge in [-0.25, -0.2) is 9.78 Å². The molecule has 98 valence electrons. The standard InChI is InChI=1S/C11H11F3N2O2/c1-18-10(17)9-7(15)4-6(11(12,13)14)8(16-9)5-2-3-5/h4-5H,2-3,15H2,1H3. The van der Waals surface area contributed by atoms with Crippen molar-refractivity contribution in [2.24, 2.45) is 0 Å². The third-order valence-corrected chi connectivity index (χ3v) is 2.73. The summed E-state index contributed by atoms with van der Waals surface area (Å²) in [5, 5.41) is 0. The molecule has 0 unspecified atom stereocenters. The summed E-state index contributed by atoms with van der Waals surface area (Å²) in [4.78, 5) is 15.1. The second-order valence-corrected chi connectivity index (χ2v) is 4.12. The molecule has 4 nitrogen and oxygen atoms in total. The van der Waals surface area contributed by atoms with Crippen LogP contribution in [0, 0.1) is 0 Å². The van der Waals surface area contributed by atoms with Crippen LogP contribution in [-0.2, 0) is 10.9 Å². The normalized spacial score (nSPS) is 15.6. The van der Waals surface area contributed by atoms with E-state index >= 15 is 0 Å². The molecule has 1 heterocycles. The SMILES string of the molecule is COC(=O)c1nc(C2CC2)c(C(F)(F)F)cc1N. The number of rotatable bonds is 2. The summed E-state index contributed by atoms with van der Waals surface area (Å²) in [6, 6.07) is 0.757. The Labute approximate surface area is 101 Å². The highest BCUT2D eigenvalue weighted by Gasteiger charge is 2.40. The Bertz CT molecular complexity index is 496. The summed E-state index contributed by atoms with van der Waals surface area (Å²) >= 11 is 0. The molecule has 0 atom stereocenters. The molecule has 1 aliphatic rings. The van der Waals surface area contributed by atoms with E-state index in [2.05, 4.69) is 9.72 Å². The smallest absolute Gasteiger partial charge is 0.418 e. The number of esters is 1. The monoisotopic (exact) mass is 260 g/mol. The number of nitrogen functional groups attached to an aromatic ring is 1. The number of hydrogen-bond donors (Lipinski definition) is 1. The number of methoxy groups -OCH3 is 1. The largest absolute Gasteiger partial charge is 0.464 e. The fraction of sp³-hybridized carbons (Fsp3) is 0.455. The van der Waals surface area contributed by atoms with E-state index in [9.17, 15) is 18.0 Å². The molecule has 2 N–H and O–H groups in total. The van der Waals surface area contributed by atoms with Crippen molar-refractivity contribution in [3.8, 4) is 0 Å². The van der Waals surface area contributed by atoms with Crippen molar-refractivity contribution in [1.82, 2.24) is 4.98 Å². The predicted octanol–water partition coefficient (Wildman–Crippen LogP) is 2.35. The van der Waals surface area contributed by atoms with Crippen LogP contribution in [0.4, 0.5) is 18.9 Å². The van der Waals surface area contributed by atoms with Crippen LogP contribution in [-0.4, -0.2) is 18.1 Å². The summed E-state index contributed by atoms with van der Waals surface area (Å²) in [5.74, 6) is -1.08. The Hall–Kier alpha value is -1.79. The van der Waals surface area contributed by atoms with Gasteiger partial charge in [-0.1, -0.05) is 0 Å². The highest BCUT2D eigenvalue weighted by molar-refractivity contribution is 5.93. The maximum Gasteiger partial charge on any atom is 0.418 e. The van der Waals surface area contributed by atoms with Crippen molar-refractivity contribution in [3.05, 3.63) is 23.0 Å². The third kappa shape index (κ3) is 2.25. The number of alkyl halides is 3. The third-order valence-electron chi connectivity index (χ3n) is 2.73. The molecule has 1 fully saturated rings. The van der Waals surface area contributed by atoms with E-state index in [1.807, 2.05) is 0 Å². The average molecular weight is 260 g/mol. The number of nitrogens with two attached hydrogens (primary N) is 1. The summed E-state index contributed by atoms with van der Waals surface area (Å²) in [5.41, 5.74) is 3.86. The molecule has 0 aromatic carbocycles. The molecule has 2 rings (SSSR count). The summed E-state index contributed by atoms with van der Waals surface area (Å²) in [6.45, 7) is 0. The highest BCUT2D eigenvalue weighted by atomic mass is 19.4. The summed E-state index contributed by atoms with van der Waals surface area (Å²) in [7, 11) is 1.12. The second kappa shape index (κ2) is 4.15. The molecule has 0 radical (unpaired) electrons. The maximum absolute atomic E-state index is 12.8. The van der Waals surface area contributed by atoms with Crippen LogP contribution in [0.15, 0.2) is 6.07 Å². The minimum atomic E-state index is -4.52. The Morgan fingerprint density at radius 3 is 2.56 bits per heavy atom. The first kappa shape index (κ1) is 12.7. The number of aromatic nitrogens is 1. The van der Waals surface area contributed by atoms with Crippen molar-refractivity contribution in [1.29, 1.82) is 0 Å². The molecule has 0 saturated heterocycles. The topological polar surface area (TPSA) is 65.2 Å². The van der Waals surface area contributed by atoms with Crippen LogP contribution in [0.3, 0.4) is 0 Å². The Kier molecular flexibility index (Phi) is 2.92. The maximum atomic E-state index is 12.8. The quantitative estimate of drug-likeness (QED) is 0.829. The number of ether oxygens (including phenoxy) is 1. The van der Waals surface area contributed by atoms with Gasteiger partial charge in [0.1, 0.15) is 0 Å². The Morgan fingerprint density at radius 1 is 1.50 bits per heavy atom. The van der Waals surface area contributed by atoms with Gasteiger partial charge in [0.2, 0.25) is 0 Å². The minimum absolute atomic E-state index is 0.114. The molecule has 18 heavy (non-hydrogen) atoms. The lowest BCUT2D eigenvalue weighted by molar-refractivity contribution is -0.138. The number of pyridine rings is 1. The molecule has 1 aliphatic carbocycles. The van der Waals surface area contributed by atoms with Gasteiger partial charge in [-0.2, -0.15) is 13.2 Å². The molecule has 1 aromatic rings. The number of hydrogen-bond acceptors (Lipinski definition) is 4. The van der Waals surface area contributed by atoms with Gasteiger partial charge in [-0.05, 0) is 18.9 Å². The van der Waals surface area contributed by atoms with E-state index in [4.69, 9.17) is 5.73 Å². The molecular formula is C11H11F3N2O2. The molecule has 0 bridgehead atoms. The summed E-state index contributed by atoms with van der Waals surface area (Å²) in [6.07, 6.45) is -3.24. The fourth-order valence-electron chi connectivity index (χ4n) is 1.70. The lowest BCUT2D eigenvalue weighted by Gasteiger charge is -2.14. The van der Waals surface area contributed by atoms with Crippen LogP contribution in [0.5, 0.6) is 0 Å². The first-order valence-corrected chi connectivity index (χ1v) is 5.30. The first-order chi connectivity index (χ1) is 8.34. The van der Waals surface area contributed by atoms with Gasteiger partial charge in [0.25, 0.3) is 0 Å². The zero-order valence-corrected chi connectivity index (χ0v) is 9.54. The van der Waals surface area contributed by atoms with Gasteiger partial charge in [0.05, 0.1) is 24.1 Å². The van der Waals surface area contributed by atoms with Gasteiger partial charge in [-0.15, -0.1) is 0 Å². The van der Waals surface area contributed by atoms with Gasteiger partial charge in [0.15, 0.2) is 5.69 Å². The van der Waals surface area contributed by atoms with Gasteiger partial charge in [0, 0.05) is 5.92 Å². The Balaban J connectivity index is 2.56. The number of nitrogens with zero attached hydrogens (tertiary/aromatic N) is 1. The average Bonchev–Trinajstić information content (AvgIpc) is 3.10. The Morgan fingerprint density at radius 2 is 2.11 bits per heavy atom. The van der Waals surface area contributed by atoms with Crippen molar-refractivity contribution in [3.63, 3.8) is 0 Å². The van der Waals surface area contributed by atoms with E-state index in [0.29, 0.717) is 12.8 Å². The summed E-state index contributed by atoms with van der Waals surface area (Å²) < 4.78 is 42.9. The first-order valence-electron chi connectivity index (χ1n) is 5.30. The minimum Gasteiger partial charge on any atom is -0.464 e. The van der Waals surface area contributed by atoms with Crippen LogP contribution in [0.25, 0.3) is 0 Å². The molecule has 0 aliphatic heterocycles. The number of halogens is 3. The second-order valence-electron chi connectivity index (χ2n) is 4.12. The molecule has 1 saturated carbocycles. The van der Waals surface area contributed by atoms with E-state index in [0.717, 1.165) is 13.2 Å². The lowest BCUT2D eigenvalue weighted by atomic mass is 10.1. The molecule has 7 heteroatoms. The molecule has 1 aromatic heterocycles. The van der Waals surface area contributed by atoms with Gasteiger partial charge >= 0.3 is 12.1 Å². The van der Waals surface area contributed by atoms with Crippen LogP contribution in [0.2, 0.25) is 0 Å². The van der Waals surface area contributed by atoms with Crippen molar-refractivity contribution in [2.45, 2.75) is 24.9 Å². The van der Waals surface area contributed by atoms with Gasteiger partial charge in [-0.3, -0.25) is 0 Å². The molecule has 0 amide bonds. The van der Waals surface area contributed by atoms with Crippen molar-refractivity contribution < 1.29 is 22.7 Å². The highest BCUT2D eigenvalue weighted by Crippen LogP contribution is 2.45. The lowest BCUT2D eigenvalue weighted by Crippen LogP contribution is -2.16. The molecular weight excluding hydrogens is 249 g/mol. The van der Waals surface area contributed by atoms with E-state index in [-0.39, 0.29) is 23.0 Å². The fourth-order valence-corrected chi connectivity index (χ4v) is 1.70. The zero-order chi connectivity index (χ0) is 13.5. The van der Waals surface area contributed by atoms with E-state index in [1.54, 1.807) is 0 Å². The van der Waals surface area contributed by atoms with Gasteiger partial charge < -0.3 is 10.5 Å². The van der Waals surface area contributed by atoms with Crippen molar-refractivity contribution >= 4 is 11.7 Å². The predicted molar refractivity (Wildman–Crippen MR) is 57.0 cm³/mol. The van der Waals surface area contributed by atoms with Crippen LogP contribution in [0.1, 0.15) is 40.5 Å². The van der Waals surface area contributed by atoms with Crippen LogP contribution >= 0.6 is 0 Å². The number of carbonyl (C=O) groups excluding carboxylic acids is 1. The zero-order valence-electron chi connectivity index (χ0n) is 9.54. The van der Waals surface area contributed by atoms with E-state index in [1.165, 1.54) is 0 Å². The van der Waals surface area contributed by atoms with Crippen LogP contribution < -0.4 is 5.73 Å². The van der Waals surface area contributed by atoms with Crippen molar-refractivity contribution in [2.75, 3.05) is 12.8 Å².